The van der Waals surface area contributed by atoms with E-state index in [1.807, 2.05) is 24.5 Å². The summed E-state index contributed by atoms with van der Waals surface area (Å²) in [4.78, 5) is 29.7. The average Bonchev–Trinajstić information content (AvgIpc) is 2.67. The van der Waals surface area contributed by atoms with Gasteiger partial charge in [-0.2, -0.15) is 0 Å². The predicted molar refractivity (Wildman–Crippen MR) is 93.9 cm³/mol. The van der Waals surface area contributed by atoms with Gasteiger partial charge in [0.1, 0.15) is 0 Å². The van der Waals surface area contributed by atoms with Gasteiger partial charge in [-0.05, 0) is 11.6 Å². The van der Waals surface area contributed by atoms with Crippen LogP contribution in [-0.2, 0) is 4.79 Å². The largest absolute Gasteiger partial charge is 0.368 e. The van der Waals surface area contributed by atoms with Gasteiger partial charge in [0, 0.05) is 62.2 Å². The highest BCUT2D eigenvalue weighted by atomic mass is 16.6. The minimum Gasteiger partial charge on any atom is -0.368 e. The van der Waals surface area contributed by atoms with Crippen LogP contribution < -0.4 is 9.88 Å². The Labute approximate surface area is 145 Å². The number of hydrogen-bond donors (Lipinski definition) is 0. The standard InChI is InChI=1S/C18H18N4O3/c23-18(5-4-15-2-1-3-17(14-15)22(24)25)21-12-10-20(11-13-21)16-6-8-19-9-7-16/h1-9,14H,10-13H2/p+1/b5-4+. The Kier molecular flexibility index (Phi) is 5.03. The summed E-state index contributed by atoms with van der Waals surface area (Å²) in [5.74, 6) is -0.0763. The fourth-order valence-electron chi connectivity index (χ4n) is 2.79. The first-order valence-corrected chi connectivity index (χ1v) is 8.06. The molecule has 3 rings (SSSR count). The number of pyridine rings is 1. The van der Waals surface area contributed by atoms with Crippen molar-refractivity contribution in [3.63, 3.8) is 0 Å². The van der Waals surface area contributed by atoms with E-state index >= 15 is 0 Å². The molecular weight excluding hydrogens is 320 g/mol. The maximum atomic E-state index is 12.3. The number of aromatic amines is 1. The number of hydrogen-bond acceptors (Lipinski definition) is 4. The van der Waals surface area contributed by atoms with Crippen molar-refractivity contribution in [2.24, 2.45) is 0 Å². The Hall–Kier alpha value is -3.22. The zero-order valence-electron chi connectivity index (χ0n) is 13.7. The zero-order chi connectivity index (χ0) is 17.6. The molecule has 7 heteroatoms. The molecule has 1 fully saturated rings. The fourth-order valence-corrected chi connectivity index (χ4v) is 2.79. The molecule has 2 aromatic rings. The SMILES string of the molecule is O=C(/C=C/c1cccc([N+](=O)[O-])c1)N1CCN(c2cc[nH+]cc2)CC1. The van der Waals surface area contributed by atoms with Crippen LogP contribution >= 0.6 is 0 Å². The second-order valence-electron chi connectivity index (χ2n) is 5.76. The highest BCUT2D eigenvalue weighted by Gasteiger charge is 2.20. The highest BCUT2D eigenvalue weighted by Crippen LogP contribution is 2.16. The van der Waals surface area contributed by atoms with Gasteiger partial charge in [0.25, 0.3) is 5.69 Å². The average molecular weight is 339 g/mol. The van der Waals surface area contributed by atoms with Crippen molar-refractivity contribution < 1.29 is 14.7 Å². The summed E-state index contributed by atoms with van der Waals surface area (Å²) in [5.41, 5.74) is 1.79. The van der Waals surface area contributed by atoms with Crippen LogP contribution in [0, 0.1) is 10.1 Å². The lowest BCUT2D eigenvalue weighted by molar-refractivity contribution is -0.384. The molecule has 0 unspecified atom stereocenters. The lowest BCUT2D eigenvalue weighted by Gasteiger charge is -2.35. The molecule has 1 aromatic heterocycles. The van der Waals surface area contributed by atoms with Crippen molar-refractivity contribution in [2.45, 2.75) is 0 Å². The summed E-state index contributed by atoms with van der Waals surface area (Å²) in [6, 6.07) is 10.3. The van der Waals surface area contributed by atoms with Crippen LogP contribution in [0.3, 0.4) is 0 Å². The predicted octanol–water partition coefficient (Wildman–Crippen LogP) is 1.77. The van der Waals surface area contributed by atoms with Crippen LogP contribution in [-0.4, -0.2) is 41.9 Å². The van der Waals surface area contributed by atoms with E-state index < -0.39 is 4.92 Å². The summed E-state index contributed by atoms with van der Waals surface area (Å²) in [7, 11) is 0. The van der Waals surface area contributed by atoms with Gasteiger partial charge in [-0.25, -0.2) is 4.98 Å². The smallest absolute Gasteiger partial charge is 0.270 e. The lowest BCUT2D eigenvalue weighted by atomic mass is 10.2. The van der Waals surface area contributed by atoms with Crippen LogP contribution in [0.25, 0.3) is 6.08 Å². The number of nitro groups is 1. The van der Waals surface area contributed by atoms with E-state index in [1.54, 1.807) is 23.1 Å². The molecule has 1 aliphatic rings. The number of nitrogens with zero attached hydrogens (tertiary/aromatic N) is 3. The van der Waals surface area contributed by atoms with Crippen molar-refractivity contribution in [1.82, 2.24) is 4.90 Å². The van der Waals surface area contributed by atoms with Gasteiger partial charge < -0.3 is 9.80 Å². The molecule has 0 bridgehead atoms. The number of carbonyl (C=O) groups excluding carboxylic acids is 1. The maximum absolute atomic E-state index is 12.3. The van der Waals surface area contributed by atoms with Gasteiger partial charge in [0.15, 0.2) is 12.4 Å². The van der Waals surface area contributed by atoms with Crippen molar-refractivity contribution in [1.29, 1.82) is 0 Å². The van der Waals surface area contributed by atoms with Crippen molar-refractivity contribution in [3.8, 4) is 0 Å². The van der Waals surface area contributed by atoms with E-state index in [9.17, 15) is 14.9 Å². The number of non-ortho nitro benzene ring substituents is 1. The third-order valence-corrected chi connectivity index (χ3v) is 4.16. The van der Waals surface area contributed by atoms with Gasteiger partial charge in [0.2, 0.25) is 5.91 Å². The third kappa shape index (κ3) is 4.20. The van der Waals surface area contributed by atoms with Crippen LogP contribution in [0.2, 0.25) is 0 Å². The first kappa shape index (κ1) is 16.6. The number of benzene rings is 1. The molecule has 0 spiro atoms. The topological polar surface area (TPSA) is 80.8 Å². The number of rotatable bonds is 4. The van der Waals surface area contributed by atoms with Crippen molar-refractivity contribution in [2.75, 3.05) is 31.1 Å². The molecule has 0 aliphatic carbocycles. The Morgan fingerprint density at radius 1 is 1.12 bits per heavy atom. The minimum atomic E-state index is -0.445. The molecule has 128 valence electrons. The molecule has 1 aliphatic heterocycles. The first-order valence-electron chi connectivity index (χ1n) is 8.06. The molecule has 0 atom stereocenters. The fraction of sp³-hybridized carbons (Fsp3) is 0.222. The number of amides is 1. The van der Waals surface area contributed by atoms with Gasteiger partial charge in [0.05, 0.1) is 4.92 Å². The molecule has 1 aromatic carbocycles. The summed E-state index contributed by atoms with van der Waals surface area (Å²) in [6.07, 6.45) is 6.87. The number of anilines is 1. The monoisotopic (exact) mass is 339 g/mol. The van der Waals surface area contributed by atoms with Gasteiger partial charge in [-0.3, -0.25) is 14.9 Å². The van der Waals surface area contributed by atoms with Gasteiger partial charge in [-0.1, -0.05) is 12.1 Å². The second kappa shape index (κ2) is 7.57. The van der Waals surface area contributed by atoms with E-state index in [0.29, 0.717) is 18.7 Å². The Balaban J connectivity index is 1.58. The molecule has 1 N–H and O–H groups in total. The molecule has 1 saturated heterocycles. The van der Waals surface area contributed by atoms with Crippen molar-refractivity contribution >= 4 is 23.4 Å². The molecular formula is C18H19N4O3+. The van der Waals surface area contributed by atoms with Crippen LogP contribution in [0.4, 0.5) is 11.4 Å². The Morgan fingerprint density at radius 2 is 1.84 bits per heavy atom. The number of nitrogens with one attached hydrogen (secondary N) is 1. The number of H-pyrrole nitrogens is 1. The second-order valence-corrected chi connectivity index (χ2v) is 5.76. The van der Waals surface area contributed by atoms with Crippen molar-refractivity contribution in [3.05, 3.63) is 70.5 Å². The maximum Gasteiger partial charge on any atom is 0.270 e. The molecule has 1 amide bonds. The minimum absolute atomic E-state index is 0.0170. The van der Waals surface area contributed by atoms with Crippen LogP contribution in [0.15, 0.2) is 54.9 Å². The highest BCUT2D eigenvalue weighted by molar-refractivity contribution is 5.92. The zero-order valence-corrected chi connectivity index (χ0v) is 13.7. The molecule has 2 heterocycles. The summed E-state index contributed by atoms with van der Waals surface area (Å²) in [6.45, 7) is 2.86. The van der Waals surface area contributed by atoms with Gasteiger partial charge in [-0.15, -0.1) is 0 Å². The Bertz CT molecular complexity index is 784. The van der Waals surface area contributed by atoms with E-state index in [1.165, 1.54) is 18.2 Å². The summed E-state index contributed by atoms with van der Waals surface area (Å²) in [5, 5.41) is 10.8. The van der Waals surface area contributed by atoms with E-state index in [2.05, 4.69) is 9.88 Å². The quantitative estimate of drug-likeness (QED) is 0.483. The molecule has 7 nitrogen and oxygen atoms in total. The van der Waals surface area contributed by atoms with E-state index in [-0.39, 0.29) is 11.6 Å². The number of nitro benzene ring substituents is 1. The van der Waals surface area contributed by atoms with Crippen LogP contribution in [0.1, 0.15) is 5.56 Å². The lowest BCUT2D eigenvalue weighted by Crippen LogP contribution is -2.48. The molecule has 0 saturated carbocycles. The Morgan fingerprint density at radius 3 is 2.52 bits per heavy atom. The van der Waals surface area contributed by atoms with Crippen LogP contribution in [0.5, 0.6) is 0 Å². The number of carbonyl (C=O) groups is 1. The van der Waals surface area contributed by atoms with Gasteiger partial charge >= 0.3 is 0 Å². The normalized spacial score (nSPS) is 14.7. The summed E-state index contributed by atoms with van der Waals surface area (Å²) < 4.78 is 0. The molecule has 25 heavy (non-hydrogen) atoms. The van der Waals surface area contributed by atoms with E-state index in [4.69, 9.17) is 0 Å². The third-order valence-electron chi connectivity index (χ3n) is 4.16. The number of aromatic nitrogens is 1. The van der Waals surface area contributed by atoms with E-state index in [0.717, 1.165) is 18.8 Å². The number of piperazine rings is 1. The summed E-state index contributed by atoms with van der Waals surface area (Å²) >= 11 is 0. The molecule has 0 radical (unpaired) electrons. The first-order chi connectivity index (χ1) is 12.1.